The molecule has 2 N–H and O–H groups in total. The van der Waals surface area contributed by atoms with Crippen molar-refractivity contribution in [1.29, 1.82) is 0 Å². The van der Waals surface area contributed by atoms with Crippen LogP contribution in [-0.2, 0) is 4.79 Å². The molecule has 3 rings (SSSR count). The van der Waals surface area contributed by atoms with E-state index < -0.39 is 0 Å². The van der Waals surface area contributed by atoms with Gasteiger partial charge in [0.1, 0.15) is 5.75 Å². The van der Waals surface area contributed by atoms with Gasteiger partial charge in [-0.2, -0.15) is 0 Å². The summed E-state index contributed by atoms with van der Waals surface area (Å²) in [5.74, 6) is 1.43. The highest BCUT2D eigenvalue weighted by Gasteiger charge is 2.24. The van der Waals surface area contributed by atoms with Crippen LogP contribution in [0, 0.1) is 5.92 Å². The smallest absolute Gasteiger partial charge is 0.315 e. The molecule has 0 spiro atoms. The summed E-state index contributed by atoms with van der Waals surface area (Å²) >= 11 is 0. The van der Waals surface area contributed by atoms with Crippen LogP contribution in [0.15, 0.2) is 24.3 Å². The van der Waals surface area contributed by atoms with Gasteiger partial charge in [-0.3, -0.25) is 4.79 Å². The van der Waals surface area contributed by atoms with Gasteiger partial charge >= 0.3 is 6.03 Å². The number of nitrogens with one attached hydrogen (secondary N) is 2. The molecule has 1 aromatic carbocycles. The van der Waals surface area contributed by atoms with Crippen LogP contribution in [0.25, 0.3) is 0 Å². The molecule has 2 heterocycles. The number of benzene rings is 1. The largest absolute Gasteiger partial charge is 0.497 e. The number of amides is 3. The molecule has 2 fully saturated rings. The molecule has 0 saturated carbocycles. The maximum atomic E-state index is 12.3. The van der Waals surface area contributed by atoms with Crippen molar-refractivity contribution in [3.05, 3.63) is 24.3 Å². The van der Waals surface area contributed by atoms with Crippen LogP contribution in [0.1, 0.15) is 32.6 Å². The minimum absolute atomic E-state index is 0.0912. The SMILES string of the molecule is COc1cccc(N2CCCC(NC(=O)NCC3CCN(C(C)=O)CC3)C2)c1. The molecule has 0 aliphatic carbocycles. The van der Waals surface area contributed by atoms with Crippen molar-refractivity contribution in [2.45, 2.75) is 38.6 Å². The molecule has 3 amide bonds. The number of ether oxygens (including phenoxy) is 1. The van der Waals surface area contributed by atoms with Crippen molar-refractivity contribution in [3.8, 4) is 5.75 Å². The molecule has 0 radical (unpaired) electrons. The van der Waals surface area contributed by atoms with E-state index in [2.05, 4.69) is 21.6 Å². The molecule has 1 atom stereocenters. The zero-order chi connectivity index (χ0) is 19.9. The highest BCUT2D eigenvalue weighted by molar-refractivity contribution is 5.74. The second-order valence-corrected chi connectivity index (χ2v) is 7.79. The van der Waals surface area contributed by atoms with Gasteiger partial charge in [0.05, 0.1) is 7.11 Å². The predicted molar refractivity (Wildman–Crippen MR) is 110 cm³/mol. The van der Waals surface area contributed by atoms with E-state index in [-0.39, 0.29) is 18.0 Å². The number of carbonyl (C=O) groups is 2. The first-order chi connectivity index (χ1) is 13.5. The number of hydrogen-bond acceptors (Lipinski definition) is 4. The Morgan fingerprint density at radius 3 is 2.68 bits per heavy atom. The third-order valence-corrected chi connectivity index (χ3v) is 5.79. The molecule has 154 valence electrons. The summed E-state index contributed by atoms with van der Waals surface area (Å²) in [5, 5.41) is 6.15. The molecule has 7 heteroatoms. The van der Waals surface area contributed by atoms with Gasteiger partial charge in [0.25, 0.3) is 0 Å². The van der Waals surface area contributed by atoms with Crippen molar-refractivity contribution in [2.24, 2.45) is 5.92 Å². The second kappa shape index (κ2) is 9.66. The lowest BCUT2D eigenvalue weighted by Gasteiger charge is -2.35. The highest BCUT2D eigenvalue weighted by Crippen LogP contribution is 2.24. The number of hydrogen-bond donors (Lipinski definition) is 2. The zero-order valence-electron chi connectivity index (χ0n) is 16.9. The molecule has 2 aliphatic heterocycles. The molecule has 28 heavy (non-hydrogen) atoms. The van der Waals surface area contributed by atoms with Crippen LogP contribution in [0.4, 0.5) is 10.5 Å². The number of piperidine rings is 2. The second-order valence-electron chi connectivity index (χ2n) is 7.79. The van der Waals surface area contributed by atoms with Gasteiger partial charge in [-0.05, 0) is 43.7 Å². The number of rotatable bonds is 5. The van der Waals surface area contributed by atoms with Crippen LogP contribution in [0.5, 0.6) is 5.75 Å². The van der Waals surface area contributed by atoms with Gasteiger partial charge in [0.2, 0.25) is 5.91 Å². The molecule has 7 nitrogen and oxygen atoms in total. The van der Waals surface area contributed by atoms with Crippen LogP contribution in [-0.4, -0.2) is 62.7 Å². The molecule has 0 aromatic heterocycles. The number of anilines is 1. The maximum absolute atomic E-state index is 12.3. The lowest BCUT2D eigenvalue weighted by atomic mass is 9.97. The predicted octanol–water partition coefficient (Wildman–Crippen LogP) is 2.22. The fraction of sp³-hybridized carbons (Fsp3) is 0.619. The van der Waals surface area contributed by atoms with E-state index in [9.17, 15) is 9.59 Å². The van der Waals surface area contributed by atoms with Crippen molar-refractivity contribution in [1.82, 2.24) is 15.5 Å². The van der Waals surface area contributed by atoms with Crippen LogP contribution >= 0.6 is 0 Å². The van der Waals surface area contributed by atoms with E-state index in [1.54, 1.807) is 14.0 Å². The average Bonchev–Trinajstić information content (AvgIpc) is 2.73. The van der Waals surface area contributed by atoms with E-state index in [1.807, 2.05) is 23.1 Å². The Kier molecular flexibility index (Phi) is 7.01. The number of nitrogens with zero attached hydrogens (tertiary/aromatic N) is 2. The number of carbonyl (C=O) groups excluding carboxylic acids is 2. The van der Waals surface area contributed by atoms with Crippen molar-refractivity contribution in [2.75, 3.05) is 44.7 Å². The fourth-order valence-corrected chi connectivity index (χ4v) is 4.06. The monoisotopic (exact) mass is 388 g/mol. The molecule has 0 bridgehead atoms. The summed E-state index contributed by atoms with van der Waals surface area (Å²) in [6, 6.07) is 8.10. The first-order valence-electron chi connectivity index (χ1n) is 10.2. The summed E-state index contributed by atoms with van der Waals surface area (Å²) in [7, 11) is 1.67. The third-order valence-electron chi connectivity index (χ3n) is 5.79. The fourth-order valence-electron chi connectivity index (χ4n) is 4.06. The molecular weight excluding hydrogens is 356 g/mol. The first-order valence-corrected chi connectivity index (χ1v) is 10.2. The Balaban J connectivity index is 1.42. The highest BCUT2D eigenvalue weighted by atomic mass is 16.5. The number of methoxy groups -OCH3 is 1. The molecular formula is C21H32N4O3. The standard InChI is InChI=1S/C21H32N4O3/c1-16(26)24-11-8-17(9-12-24)14-22-21(27)23-18-5-4-10-25(15-18)19-6-3-7-20(13-19)28-2/h3,6-7,13,17-18H,4-5,8-12,14-15H2,1-2H3,(H2,22,23,27). The van der Waals surface area contributed by atoms with E-state index >= 15 is 0 Å². The lowest BCUT2D eigenvalue weighted by molar-refractivity contribution is -0.130. The van der Waals surface area contributed by atoms with Crippen molar-refractivity contribution >= 4 is 17.6 Å². The Labute approximate surface area is 167 Å². The van der Waals surface area contributed by atoms with Gasteiger partial charge in [-0.1, -0.05) is 6.07 Å². The summed E-state index contributed by atoms with van der Waals surface area (Å²) < 4.78 is 5.32. The minimum Gasteiger partial charge on any atom is -0.497 e. The molecule has 2 saturated heterocycles. The summed E-state index contributed by atoms with van der Waals surface area (Å²) in [6.07, 6.45) is 3.94. The van der Waals surface area contributed by atoms with E-state index in [0.717, 1.165) is 63.3 Å². The van der Waals surface area contributed by atoms with Crippen LogP contribution in [0.3, 0.4) is 0 Å². The minimum atomic E-state index is -0.0912. The molecule has 1 aromatic rings. The van der Waals surface area contributed by atoms with Gasteiger partial charge < -0.3 is 25.2 Å². The lowest BCUT2D eigenvalue weighted by Crippen LogP contribution is -2.51. The maximum Gasteiger partial charge on any atom is 0.315 e. The number of likely N-dealkylation sites (tertiary alicyclic amines) is 1. The summed E-state index contributed by atoms with van der Waals surface area (Å²) in [6.45, 7) is 5.66. The zero-order valence-corrected chi connectivity index (χ0v) is 16.9. The summed E-state index contributed by atoms with van der Waals surface area (Å²) in [5.41, 5.74) is 1.13. The Hall–Kier alpha value is -2.44. The van der Waals surface area contributed by atoms with Crippen molar-refractivity contribution in [3.63, 3.8) is 0 Å². The first kappa shape index (κ1) is 20.3. The Morgan fingerprint density at radius 1 is 1.18 bits per heavy atom. The van der Waals surface area contributed by atoms with Crippen LogP contribution < -0.4 is 20.3 Å². The summed E-state index contributed by atoms with van der Waals surface area (Å²) in [4.78, 5) is 27.9. The normalized spacial score (nSPS) is 20.6. The quantitative estimate of drug-likeness (QED) is 0.811. The van der Waals surface area contributed by atoms with Crippen molar-refractivity contribution < 1.29 is 14.3 Å². The van der Waals surface area contributed by atoms with Crippen LogP contribution in [0.2, 0.25) is 0 Å². The van der Waals surface area contributed by atoms with Gasteiger partial charge in [-0.15, -0.1) is 0 Å². The number of urea groups is 1. The molecule has 2 aliphatic rings. The topological polar surface area (TPSA) is 73.9 Å². The average molecular weight is 389 g/mol. The van der Waals surface area contributed by atoms with Gasteiger partial charge in [0.15, 0.2) is 0 Å². The third kappa shape index (κ3) is 5.53. The van der Waals surface area contributed by atoms with Gasteiger partial charge in [-0.25, -0.2) is 4.79 Å². The molecule has 1 unspecified atom stereocenters. The Morgan fingerprint density at radius 2 is 1.96 bits per heavy atom. The van der Waals surface area contributed by atoms with E-state index in [1.165, 1.54) is 0 Å². The Bertz CT molecular complexity index is 673. The van der Waals surface area contributed by atoms with E-state index in [4.69, 9.17) is 4.74 Å². The van der Waals surface area contributed by atoms with Gasteiger partial charge in [0, 0.05) is 57.4 Å². The van der Waals surface area contributed by atoms with E-state index in [0.29, 0.717) is 12.5 Å².